The van der Waals surface area contributed by atoms with E-state index in [2.05, 4.69) is 5.32 Å². The molecular weight excluding hydrogens is 396 g/mol. The highest BCUT2D eigenvalue weighted by molar-refractivity contribution is 6.30. The largest absolute Gasteiger partial charge is 0.465 e. The van der Waals surface area contributed by atoms with Gasteiger partial charge in [0.2, 0.25) is 0 Å². The van der Waals surface area contributed by atoms with Gasteiger partial charge in [-0.1, -0.05) is 29.8 Å². The zero-order chi connectivity index (χ0) is 21.0. The van der Waals surface area contributed by atoms with Crippen LogP contribution in [-0.2, 0) is 25.6 Å². The number of nitrogens with zero attached hydrogens (tertiary/aromatic N) is 1. The summed E-state index contributed by atoms with van der Waals surface area (Å²) in [6.07, 6.45) is 0.538. The maximum Gasteiger partial charge on any atom is 0.340 e. The minimum atomic E-state index is -1.000. The Bertz CT molecular complexity index is 1060. The second-order valence-electron chi connectivity index (χ2n) is 6.31. The second kappa shape index (κ2) is 8.79. The van der Waals surface area contributed by atoms with Crippen LogP contribution in [0.25, 0.3) is 10.9 Å². The molecule has 0 saturated heterocycles. The lowest BCUT2D eigenvalue weighted by atomic mass is 10.2. The Kier molecular flexibility index (Phi) is 6.19. The van der Waals surface area contributed by atoms with Crippen molar-refractivity contribution in [3.63, 3.8) is 0 Å². The summed E-state index contributed by atoms with van der Waals surface area (Å²) < 4.78 is 11.6. The third kappa shape index (κ3) is 4.75. The van der Waals surface area contributed by atoms with E-state index in [0.717, 1.165) is 0 Å². The van der Waals surface area contributed by atoms with Crippen molar-refractivity contribution in [1.29, 1.82) is 0 Å². The van der Waals surface area contributed by atoms with Crippen molar-refractivity contribution >= 4 is 46.0 Å². The van der Waals surface area contributed by atoms with Crippen LogP contribution in [0.4, 0.5) is 5.69 Å². The number of fused-ring (bicyclic) bond motifs is 1. The molecule has 0 aliphatic carbocycles. The predicted molar refractivity (Wildman–Crippen MR) is 109 cm³/mol. The van der Waals surface area contributed by atoms with Gasteiger partial charge in [0.15, 0.2) is 6.10 Å². The van der Waals surface area contributed by atoms with Crippen LogP contribution >= 0.6 is 11.6 Å². The molecule has 1 heterocycles. The van der Waals surface area contributed by atoms with Gasteiger partial charge in [0.1, 0.15) is 6.54 Å². The molecule has 8 heteroatoms. The van der Waals surface area contributed by atoms with Crippen molar-refractivity contribution in [1.82, 2.24) is 4.57 Å². The summed E-state index contributed by atoms with van der Waals surface area (Å²) >= 11 is 5.82. The molecule has 3 aromatic rings. The monoisotopic (exact) mass is 414 g/mol. The zero-order valence-corrected chi connectivity index (χ0v) is 16.6. The van der Waals surface area contributed by atoms with E-state index in [-0.39, 0.29) is 6.54 Å². The maximum atomic E-state index is 12.4. The van der Waals surface area contributed by atoms with Crippen molar-refractivity contribution in [3.05, 3.63) is 65.3 Å². The molecule has 0 radical (unpaired) electrons. The number of hydrogen-bond donors (Lipinski definition) is 1. The van der Waals surface area contributed by atoms with E-state index >= 15 is 0 Å². The number of carbonyl (C=O) groups excluding carboxylic acids is 3. The van der Waals surface area contributed by atoms with Gasteiger partial charge in [-0.05, 0) is 37.3 Å². The first-order chi connectivity index (χ1) is 13.9. The van der Waals surface area contributed by atoms with Gasteiger partial charge in [0.25, 0.3) is 5.91 Å². The number of hydrogen-bond acceptors (Lipinski definition) is 5. The number of para-hydroxylation sites is 1. The van der Waals surface area contributed by atoms with E-state index in [1.807, 2.05) is 0 Å². The van der Waals surface area contributed by atoms with Crippen molar-refractivity contribution in [2.45, 2.75) is 19.6 Å². The second-order valence-corrected chi connectivity index (χ2v) is 6.74. The number of esters is 2. The van der Waals surface area contributed by atoms with Gasteiger partial charge in [0, 0.05) is 27.8 Å². The number of methoxy groups -OCH3 is 1. The minimum absolute atomic E-state index is 0.157. The molecule has 1 N–H and O–H groups in total. The Labute approximate surface area is 172 Å². The van der Waals surface area contributed by atoms with Crippen LogP contribution < -0.4 is 5.32 Å². The number of carbonyl (C=O) groups is 3. The summed E-state index contributed by atoms with van der Waals surface area (Å²) in [5.41, 5.74) is 1.58. The summed E-state index contributed by atoms with van der Waals surface area (Å²) in [5, 5.41) is 3.87. The molecule has 1 amide bonds. The Morgan fingerprint density at radius 1 is 1.10 bits per heavy atom. The number of benzene rings is 2. The van der Waals surface area contributed by atoms with E-state index < -0.39 is 23.9 Å². The maximum absolute atomic E-state index is 12.4. The summed E-state index contributed by atoms with van der Waals surface area (Å²) in [6, 6.07) is 13.7. The van der Waals surface area contributed by atoms with Crippen molar-refractivity contribution < 1.29 is 23.9 Å². The smallest absolute Gasteiger partial charge is 0.340 e. The highest BCUT2D eigenvalue weighted by Crippen LogP contribution is 2.22. The molecule has 7 nitrogen and oxygen atoms in total. The molecule has 3 rings (SSSR count). The summed E-state index contributed by atoms with van der Waals surface area (Å²) in [4.78, 5) is 36.6. The van der Waals surface area contributed by atoms with Crippen LogP contribution in [-0.4, -0.2) is 35.6 Å². The van der Waals surface area contributed by atoms with Gasteiger partial charge in [-0.2, -0.15) is 0 Å². The number of amides is 1. The average Bonchev–Trinajstić information content (AvgIpc) is 3.07. The van der Waals surface area contributed by atoms with E-state index in [9.17, 15) is 14.4 Å². The van der Waals surface area contributed by atoms with E-state index in [1.54, 1.807) is 53.1 Å². The Hall–Kier alpha value is -3.32. The van der Waals surface area contributed by atoms with Crippen molar-refractivity contribution in [3.8, 4) is 0 Å². The lowest BCUT2D eigenvalue weighted by Crippen LogP contribution is -2.31. The molecule has 2 aromatic carbocycles. The number of halogens is 1. The third-order valence-electron chi connectivity index (χ3n) is 4.28. The number of aromatic nitrogens is 1. The van der Waals surface area contributed by atoms with E-state index in [4.69, 9.17) is 21.1 Å². The highest BCUT2D eigenvalue weighted by Gasteiger charge is 2.20. The molecular formula is C21H19ClN2O5. The molecule has 0 aliphatic heterocycles. The average molecular weight is 415 g/mol. The molecule has 0 spiro atoms. The Morgan fingerprint density at radius 2 is 1.79 bits per heavy atom. The highest BCUT2D eigenvalue weighted by atomic mass is 35.5. The molecule has 0 fully saturated rings. The number of nitrogens with one attached hydrogen (secondary N) is 1. The number of rotatable bonds is 6. The molecule has 0 aliphatic rings. The summed E-state index contributed by atoms with van der Waals surface area (Å²) in [6.45, 7) is 1.33. The molecule has 29 heavy (non-hydrogen) atoms. The molecule has 1 atom stereocenters. The van der Waals surface area contributed by atoms with Gasteiger partial charge in [-0.3, -0.25) is 9.59 Å². The first-order valence-electron chi connectivity index (χ1n) is 8.81. The molecule has 1 aromatic heterocycles. The summed E-state index contributed by atoms with van der Waals surface area (Å²) in [7, 11) is 1.30. The van der Waals surface area contributed by atoms with Gasteiger partial charge < -0.3 is 19.4 Å². The Balaban J connectivity index is 1.68. The normalized spacial score (nSPS) is 11.7. The Morgan fingerprint density at radius 3 is 2.48 bits per heavy atom. The van der Waals surface area contributed by atoms with Crippen molar-refractivity contribution in [2.75, 3.05) is 12.4 Å². The molecule has 0 unspecified atom stereocenters. The topological polar surface area (TPSA) is 86.6 Å². The van der Waals surface area contributed by atoms with Crippen LogP contribution in [0.15, 0.2) is 54.7 Å². The fourth-order valence-electron chi connectivity index (χ4n) is 2.85. The quantitative estimate of drug-likeness (QED) is 0.622. The SMILES string of the molecule is COC(=O)c1cn(CC(=O)O[C@@H](C)C(=O)Nc2ccc(Cl)cc2)c2ccccc12. The van der Waals surface area contributed by atoms with Crippen LogP contribution in [0.1, 0.15) is 17.3 Å². The number of anilines is 1. The van der Waals surface area contributed by atoms with Gasteiger partial charge in [-0.25, -0.2) is 4.79 Å². The minimum Gasteiger partial charge on any atom is -0.465 e. The zero-order valence-electron chi connectivity index (χ0n) is 15.8. The van der Waals surface area contributed by atoms with Gasteiger partial charge >= 0.3 is 11.9 Å². The standard InChI is InChI=1S/C21H19ClN2O5/c1-13(20(26)23-15-9-7-14(22)8-10-15)29-19(25)12-24-11-17(21(27)28-2)16-5-3-4-6-18(16)24/h3-11,13H,12H2,1-2H3,(H,23,26)/t13-/m0/s1. The van der Waals surface area contributed by atoms with Crippen LogP contribution in [0.5, 0.6) is 0 Å². The number of ether oxygens (including phenoxy) is 2. The molecule has 150 valence electrons. The van der Waals surface area contributed by atoms with Gasteiger partial charge in [-0.15, -0.1) is 0 Å². The van der Waals surface area contributed by atoms with Gasteiger partial charge in [0.05, 0.1) is 12.7 Å². The van der Waals surface area contributed by atoms with E-state index in [0.29, 0.717) is 27.2 Å². The third-order valence-corrected chi connectivity index (χ3v) is 4.53. The first kappa shape index (κ1) is 20.4. The molecule has 0 saturated carbocycles. The van der Waals surface area contributed by atoms with Crippen LogP contribution in [0.2, 0.25) is 5.02 Å². The van der Waals surface area contributed by atoms with Crippen molar-refractivity contribution in [2.24, 2.45) is 0 Å². The lowest BCUT2D eigenvalue weighted by Gasteiger charge is -2.14. The van der Waals surface area contributed by atoms with E-state index in [1.165, 1.54) is 20.2 Å². The lowest BCUT2D eigenvalue weighted by molar-refractivity contribution is -0.153. The predicted octanol–water partition coefficient (Wildman–Crippen LogP) is 3.65. The summed E-state index contributed by atoms with van der Waals surface area (Å²) in [5.74, 6) is -1.57. The first-order valence-corrected chi connectivity index (χ1v) is 9.19. The fourth-order valence-corrected chi connectivity index (χ4v) is 2.98. The van der Waals surface area contributed by atoms with Crippen LogP contribution in [0, 0.1) is 0 Å². The van der Waals surface area contributed by atoms with Crippen LogP contribution in [0.3, 0.4) is 0 Å². The fraction of sp³-hybridized carbons (Fsp3) is 0.190. The molecule has 0 bridgehead atoms.